The van der Waals surface area contributed by atoms with Gasteiger partial charge in [-0.2, -0.15) is 0 Å². The van der Waals surface area contributed by atoms with Crippen LogP contribution in [-0.2, 0) is 4.79 Å². The second kappa shape index (κ2) is 12.1. The maximum absolute atomic E-state index is 9.90. The van der Waals surface area contributed by atoms with Gasteiger partial charge in [0.15, 0.2) is 0 Å². The normalized spacial score (nSPS) is 8.27. The van der Waals surface area contributed by atoms with Crippen molar-refractivity contribution in [1.29, 1.82) is 0 Å². The molecule has 4 nitrogen and oxygen atoms in total. The molecule has 0 heterocycles. The number of carboxylic acid groups (broad SMARTS) is 1. The van der Waals surface area contributed by atoms with Crippen molar-refractivity contribution in [1.82, 2.24) is 0 Å². The van der Waals surface area contributed by atoms with Gasteiger partial charge in [0.1, 0.15) is 0 Å². The van der Waals surface area contributed by atoms with E-state index in [0.717, 1.165) is 13.5 Å². The Balaban J connectivity index is 0. The van der Waals surface area contributed by atoms with Gasteiger partial charge in [0.05, 0.1) is 0 Å². The second-order valence-corrected chi connectivity index (χ2v) is 1.93. The molecule has 0 aromatic rings. The number of carboxylic acids is 1. The molecular weight excluding hydrogens is 148 g/mol. The first-order valence-corrected chi connectivity index (χ1v) is 3.54. The predicted molar refractivity (Wildman–Crippen MR) is 41.3 cm³/mol. The highest BCUT2D eigenvalue weighted by Gasteiger charge is 1.94. The Hall–Kier alpha value is -0.610. The SMILES string of the molecule is CO.O=C(O)CCCCCO. The summed E-state index contributed by atoms with van der Waals surface area (Å²) in [5.74, 6) is -0.757. The maximum Gasteiger partial charge on any atom is 0.303 e. The minimum absolute atomic E-state index is 0.166. The third kappa shape index (κ3) is 17.7. The van der Waals surface area contributed by atoms with E-state index in [4.69, 9.17) is 15.3 Å². The predicted octanol–water partition coefficient (Wildman–Crippen LogP) is 0.232. The van der Waals surface area contributed by atoms with Crippen molar-refractivity contribution in [3.05, 3.63) is 0 Å². The summed E-state index contributed by atoms with van der Waals surface area (Å²) in [5.41, 5.74) is 0. The maximum atomic E-state index is 9.90. The smallest absolute Gasteiger partial charge is 0.303 e. The topological polar surface area (TPSA) is 77.8 Å². The van der Waals surface area contributed by atoms with E-state index in [2.05, 4.69) is 0 Å². The molecule has 11 heavy (non-hydrogen) atoms. The zero-order valence-corrected chi connectivity index (χ0v) is 6.79. The van der Waals surface area contributed by atoms with E-state index in [0.29, 0.717) is 12.8 Å². The summed E-state index contributed by atoms with van der Waals surface area (Å²) < 4.78 is 0. The average Bonchev–Trinajstić information content (AvgIpc) is 2.02. The Morgan fingerprint density at radius 2 is 1.73 bits per heavy atom. The average molecular weight is 164 g/mol. The summed E-state index contributed by atoms with van der Waals surface area (Å²) in [5, 5.41) is 23.4. The molecule has 0 aliphatic carbocycles. The van der Waals surface area contributed by atoms with E-state index in [9.17, 15) is 4.79 Å². The van der Waals surface area contributed by atoms with Gasteiger partial charge in [-0.05, 0) is 12.8 Å². The van der Waals surface area contributed by atoms with Crippen LogP contribution in [-0.4, -0.2) is 35.0 Å². The van der Waals surface area contributed by atoms with Crippen LogP contribution in [0.3, 0.4) is 0 Å². The highest BCUT2D eigenvalue weighted by atomic mass is 16.4. The third-order valence-electron chi connectivity index (χ3n) is 1.05. The van der Waals surface area contributed by atoms with Crippen molar-refractivity contribution in [2.45, 2.75) is 25.7 Å². The minimum atomic E-state index is -0.757. The molecule has 0 atom stereocenters. The molecule has 3 N–H and O–H groups in total. The molecule has 0 aliphatic heterocycles. The molecule has 0 aromatic carbocycles. The monoisotopic (exact) mass is 164 g/mol. The van der Waals surface area contributed by atoms with Crippen LogP contribution in [0.5, 0.6) is 0 Å². The number of hydrogen-bond donors (Lipinski definition) is 3. The standard InChI is InChI=1S/C6H12O3.CH4O/c7-5-3-1-2-4-6(8)9;1-2/h7H,1-5H2,(H,8,9);2H,1H3. The van der Waals surface area contributed by atoms with Crippen molar-refractivity contribution in [3.63, 3.8) is 0 Å². The Morgan fingerprint density at radius 3 is 2.09 bits per heavy atom. The number of aliphatic carboxylic acids is 1. The number of unbranched alkanes of at least 4 members (excludes halogenated alkanes) is 2. The van der Waals surface area contributed by atoms with Gasteiger partial charge in [-0.3, -0.25) is 4.79 Å². The Labute approximate surface area is 66.5 Å². The molecule has 4 heteroatoms. The van der Waals surface area contributed by atoms with Gasteiger partial charge in [0.2, 0.25) is 0 Å². The van der Waals surface area contributed by atoms with Gasteiger partial charge in [0.25, 0.3) is 0 Å². The van der Waals surface area contributed by atoms with Crippen LogP contribution in [0.1, 0.15) is 25.7 Å². The van der Waals surface area contributed by atoms with E-state index >= 15 is 0 Å². The molecular formula is C7H16O4. The first-order valence-electron chi connectivity index (χ1n) is 3.54. The zero-order chi connectivity index (χ0) is 9.11. The van der Waals surface area contributed by atoms with Crippen LogP contribution in [0.2, 0.25) is 0 Å². The van der Waals surface area contributed by atoms with Gasteiger partial charge in [-0.1, -0.05) is 6.42 Å². The molecule has 0 aromatic heterocycles. The van der Waals surface area contributed by atoms with Crippen LogP contribution in [0, 0.1) is 0 Å². The lowest BCUT2D eigenvalue weighted by atomic mass is 10.2. The highest BCUT2D eigenvalue weighted by Crippen LogP contribution is 1.97. The van der Waals surface area contributed by atoms with E-state index in [1.807, 2.05) is 0 Å². The first kappa shape index (κ1) is 13.0. The van der Waals surface area contributed by atoms with Crippen molar-refractivity contribution in [2.75, 3.05) is 13.7 Å². The molecule has 0 rings (SSSR count). The number of aliphatic hydroxyl groups is 2. The molecule has 0 aliphatic rings. The molecule has 0 spiro atoms. The fourth-order valence-corrected chi connectivity index (χ4v) is 0.565. The lowest BCUT2D eigenvalue weighted by molar-refractivity contribution is -0.137. The number of rotatable bonds is 5. The largest absolute Gasteiger partial charge is 0.481 e. The quantitative estimate of drug-likeness (QED) is 0.508. The van der Waals surface area contributed by atoms with E-state index in [-0.39, 0.29) is 13.0 Å². The van der Waals surface area contributed by atoms with Crippen molar-refractivity contribution in [3.8, 4) is 0 Å². The van der Waals surface area contributed by atoms with Crippen LogP contribution >= 0.6 is 0 Å². The second-order valence-electron chi connectivity index (χ2n) is 1.93. The first-order chi connectivity index (χ1) is 5.27. The summed E-state index contributed by atoms with van der Waals surface area (Å²) in [7, 11) is 1.00. The number of hydrogen-bond acceptors (Lipinski definition) is 3. The molecule has 0 unspecified atom stereocenters. The molecule has 0 fully saturated rings. The van der Waals surface area contributed by atoms with Gasteiger partial charge < -0.3 is 15.3 Å². The van der Waals surface area contributed by atoms with Crippen molar-refractivity contribution >= 4 is 5.97 Å². The molecule has 0 saturated heterocycles. The fraction of sp³-hybridized carbons (Fsp3) is 0.857. The molecule has 0 saturated carbocycles. The van der Waals surface area contributed by atoms with Gasteiger partial charge in [-0.25, -0.2) is 0 Å². The van der Waals surface area contributed by atoms with E-state index in [1.54, 1.807) is 0 Å². The summed E-state index contributed by atoms with van der Waals surface area (Å²) in [6.07, 6.45) is 2.42. The molecule has 0 radical (unpaired) electrons. The summed E-state index contributed by atoms with van der Waals surface area (Å²) in [4.78, 5) is 9.90. The van der Waals surface area contributed by atoms with Gasteiger partial charge in [0, 0.05) is 20.1 Å². The molecule has 68 valence electrons. The van der Waals surface area contributed by atoms with Crippen LogP contribution in [0.15, 0.2) is 0 Å². The molecule has 0 bridgehead atoms. The Bertz CT molecular complexity index is 82.5. The summed E-state index contributed by atoms with van der Waals surface area (Å²) in [6, 6.07) is 0. The minimum Gasteiger partial charge on any atom is -0.481 e. The Kier molecular flexibility index (Phi) is 14.3. The van der Waals surface area contributed by atoms with E-state index < -0.39 is 5.97 Å². The van der Waals surface area contributed by atoms with Gasteiger partial charge >= 0.3 is 5.97 Å². The lowest BCUT2D eigenvalue weighted by Gasteiger charge is -1.92. The van der Waals surface area contributed by atoms with Gasteiger partial charge in [-0.15, -0.1) is 0 Å². The summed E-state index contributed by atoms with van der Waals surface area (Å²) in [6.45, 7) is 0.166. The Morgan fingerprint density at radius 1 is 1.18 bits per heavy atom. The van der Waals surface area contributed by atoms with Crippen LogP contribution < -0.4 is 0 Å². The number of carbonyl (C=O) groups is 1. The zero-order valence-electron chi connectivity index (χ0n) is 6.79. The molecule has 0 amide bonds. The summed E-state index contributed by atoms with van der Waals surface area (Å²) >= 11 is 0. The third-order valence-corrected chi connectivity index (χ3v) is 1.05. The van der Waals surface area contributed by atoms with Crippen LogP contribution in [0.4, 0.5) is 0 Å². The fourth-order valence-electron chi connectivity index (χ4n) is 0.565. The van der Waals surface area contributed by atoms with Crippen LogP contribution in [0.25, 0.3) is 0 Å². The van der Waals surface area contributed by atoms with Crippen molar-refractivity contribution < 1.29 is 20.1 Å². The lowest BCUT2D eigenvalue weighted by Crippen LogP contribution is -1.94. The number of aliphatic hydroxyl groups excluding tert-OH is 2. The van der Waals surface area contributed by atoms with Crippen molar-refractivity contribution in [2.24, 2.45) is 0 Å². The highest BCUT2D eigenvalue weighted by molar-refractivity contribution is 5.66. The van der Waals surface area contributed by atoms with E-state index in [1.165, 1.54) is 0 Å².